The molecule has 3 aromatic carbocycles. The largest absolute Gasteiger partial charge is 0.375 e. The second-order valence-corrected chi connectivity index (χ2v) is 8.84. The lowest BCUT2D eigenvalue weighted by molar-refractivity contribution is -0.0277. The fraction of sp³-hybridized carbons (Fsp3) is 0.222. The average Bonchev–Trinajstić information content (AvgIpc) is 3.09. The Hall–Kier alpha value is -4.19. The third kappa shape index (κ3) is 4.01. The van der Waals surface area contributed by atoms with E-state index in [4.69, 9.17) is 4.74 Å². The lowest BCUT2D eigenvalue weighted by Gasteiger charge is -2.45. The van der Waals surface area contributed by atoms with Gasteiger partial charge in [0.1, 0.15) is 11.4 Å². The highest BCUT2D eigenvalue weighted by atomic mass is 16.5. The van der Waals surface area contributed by atoms with Crippen molar-refractivity contribution in [2.24, 2.45) is 4.99 Å². The number of amidine groups is 1. The van der Waals surface area contributed by atoms with Gasteiger partial charge < -0.3 is 20.1 Å². The molecule has 8 heteroatoms. The zero-order valence-corrected chi connectivity index (χ0v) is 19.5. The van der Waals surface area contributed by atoms with Crippen molar-refractivity contribution in [1.82, 2.24) is 0 Å². The molecule has 1 atom stereocenters. The van der Waals surface area contributed by atoms with Crippen LogP contribution in [-0.2, 0) is 4.74 Å². The average molecular weight is 468 g/mol. The molecule has 2 N–H and O–H groups in total. The summed E-state index contributed by atoms with van der Waals surface area (Å²) in [5.41, 5.74) is 3.86. The summed E-state index contributed by atoms with van der Waals surface area (Å²) in [6, 6.07) is 23.7. The van der Waals surface area contributed by atoms with Gasteiger partial charge in [0.05, 0.1) is 24.8 Å². The van der Waals surface area contributed by atoms with E-state index in [0.29, 0.717) is 28.5 Å². The van der Waals surface area contributed by atoms with Gasteiger partial charge in [-0.1, -0.05) is 35.4 Å². The number of nitrogens with zero attached hydrogens (tertiary/aromatic N) is 4. The molecule has 176 valence electrons. The van der Waals surface area contributed by atoms with Gasteiger partial charge in [-0.15, -0.1) is 0 Å². The summed E-state index contributed by atoms with van der Waals surface area (Å²) in [6.07, 6.45) is -1.14. The Morgan fingerprint density at radius 1 is 1.00 bits per heavy atom. The van der Waals surface area contributed by atoms with Crippen LogP contribution in [0.25, 0.3) is 0 Å². The standard InChI is InChI=1S/C27H25N5O3/c1-18-3-9-21(10-4-18)29-25(33)30-24-27(16-35-17-27)32(23-13-7-20(15-28)8-14-23)26(34)31(24)22-11-5-19(2)6-12-22/h3-14,26,34H,16-17H2,1-2H3,(H,29,33)/b30-24-. The number of urea groups is 1. The topological polar surface area (TPSA) is 101 Å². The number of aliphatic imine (C=N–C) groups is 1. The molecule has 2 aliphatic heterocycles. The van der Waals surface area contributed by atoms with Crippen LogP contribution in [0.2, 0.25) is 0 Å². The van der Waals surface area contributed by atoms with Gasteiger partial charge in [0.25, 0.3) is 0 Å². The summed E-state index contributed by atoms with van der Waals surface area (Å²) in [7, 11) is 0. The van der Waals surface area contributed by atoms with Crippen molar-refractivity contribution in [3.05, 3.63) is 89.5 Å². The Kier molecular flexibility index (Phi) is 5.73. The van der Waals surface area contributed by atoms with Gasteiger partial charge in [0.15, 0.2) is 0 Å². The van der Waals surface area contributed by atoms with E-state index >= 15 is 0 Å². The molecular formula is C27H25N5O3. The molecule has 2 heterocycles. The number of rotatable bonds is 3. The fourth-order valence-corrected chi connectivity index (χ4v) is 4.42. The summed E-state index contributed by atoms with van der Waals surface area (Å²) in [6.45, 7) is 4.47. The normalized spacial score (nSPS) is 19.5. The molecule has 0 aromatic heterocycles. The maximum atomic E-state index is 13.0. The van der Waals surface area contributed by atoms with E-state index in [-0.39, 0.29) is 13.2 Å². The number of ether oxygens (including phenoxy) is 1. The van der Waals surface area contributed by atoms with Gasteiger partial charge in [-0.05, 0) is 62.4 Å². The first-order valence-electron chi connectivity index (χ1n) is 11.3. The molecule has 1 spiro atoms. The van der Waals surface area contributed by atoms with E-state index in [2.05, 4.69) is 16.4 Å². The predicted molar refractivity (Wildman–Crippen MR) is 134 cm³/mol. The van der Waals surface area contributed by atoms with E-state index in [1.54, 1.807) is 34.1 Å². The first kappa shape index (κ1) is 22.6. The predicted octanol–water partition coefficient (Wildman–Crippen LogP) is 4.18. The second kappa shape index (κ2) is 8.87. The van der Waals surface area contributed by atoms with E-state index in [1.807, 2.05) is 62.4 Å². The number of aryl methyl sites for hydroxylation is 2. The maximum absolute atomic E-state index is 13.0. The number of benzene rings is 3. The molecular weight excluding hydrogens is 442 g/mol. The highest BCUT2D eigenvalue weighted by Crippen LogP contribution is 2.43. The van der Waals surface area contributed by atoms with Crippen LogP contribution in [-0.4, -0.2) is 42.1 Å². The number of aliphatic hydroxyl groups is 1. The zero-order valence-electron chi connectivity index (χ0n) is 19.5. The number of amides is 2. The summed E-state index contributed by atoms with van der Waals surface area (Å²) < 4.78 is 5.61. The molecule has 0 radical (unpaired) electrons. The molecule has 2 fully saturated rings. The molecule has 3 aromatic rings. The summed E-state index contributed by atoms with van der Waals surface area (Å²) >= 11 is 0. The van der Waals surface area contributed by atoms with Crippen molar-refractivity contribution >= 4 is 28.9 Å². The van der Waals surface area contributed by atoms with E-state index < -0.39 is 17.9 Å². The fourth-order valence-electron chi connectivity index (χ4n) is 4.42. The molecule has 2 aliphatic rings. The second-order valence-electron chi connectivity index (χ2n) is 8.84. The molecule has 0 saturated carbocycles. The number of carbonyl (C=O) groups excluding carboxylic acids is 1. The smallest absolute Gasteiger partial charge is 0.347 e. The minimum atomic E-state index is -1.14. The van der Waals surface area contributed by atoms with Crippen LogP contribution in [0.4, 0.5) is 21.9 Å². The van der Waals surface area contributed by atoms with Crippen molar-refractivity contribution in [1.29, 1.82) is 5.26 Å². The highest BCUT2D eigenvalue weighted by Gasteiger charge is 2.60. The van der Waals surface area contributed by atoms with Crippen LogP contribution in [0.1, 0.15) is 16.7 Å². The van der Waals surface area contributed by atoms with Crippen LogP contribution < -0.4 is 15.1 Å². The SMILES string of the molecule is Cc1ccc(NC(=O)/N=C2\N(c3ccc(C)cc3)C(O)N(c3ccc(C#N)cc3)C23COC3)cc1. The Bertz CT molecular complexity index is 1310. The molecule has 5 rings (SSSR count). The molecule has 0 bridgehead atoms. The quantitative estimate of drug-likeness (QED) is 0.599. The van der Waals surface area contributed by atoms with Crippen molar-refractivity contribution in [3.8, 4) is 6.07 Å². The number of aliphatic hydroxyl groups excluding tert-OH is 1. The van der Waals surface area contributed by atoms with E-state index in [0.717, 1.165) is 11.1 Å². The Morgan fingerprint density at radius 3 is 2.11 bits per heavy atom. The van der Waals surface area contributed by atoms with Gasteiger partial charge in [-0.2, -0.15) is 10.3 Å². The number of nitriles is 1. The number of carbonyl (C=O) groups is 1. The molecule has 35 heavy (non-hydrogen) atoms. The first-order valence-corrected chi connectivity index (χ1v) is 11.3. The Labute approximate surface area is 203 Å². The lowest BCUT2D eigenvalue weighted by Crippen LogP contribution is -2.64. The third-order valence-electron chi connectivity index (χ3n) is 6.35. The number of anilines is 3. The Morgan fingerprint density at radius 2 is 1.57 bits per heavy atom. The van der Waals surface area contributed by atoms with Gasteiger partial charge in [0, 0.05) is 17.1 Å². The maximum Gasteiger partial charge on any atom is 0.347 e. The van der Waals surface area contributed by atoms with E-state index in [9.17, 15) is 15.2 Å². The van der Waals surface area contributed by atoms with E-state index in [1.165, 1.54) is 0 Å². The highest BCUT2D eigenvalue weighted by molar-refractivity contribution is 6.16. The summed E-state index contributed by atoms with van der Waals surface area (Å²) in [5.74, 6) is 0.397. The van der Waals surface area contributed by atoms with Gasteiger partial charge in [-0.3, -0.25) is 4.90 Å². The Balaban J connectivity index is 1.58. The van der Waals surface area contributed by atoms with Crippen molar-refractivity contribution in [2.75, 3.05) is 28.3 Å². The van der Waals surface area contributed by atoms with Crippen LogP contribution in [0, 0.1) is 25.2 Å². The molecule has 8 nitrogen and oxygen atoms in total. The minimum absolute atomic E-state index is 0.253. The molecule has 1 unspecified atom stereocenters. The monoisotopic (exact) mass is 467 g/mol. The van der Waals surface area contributed by atoms with Crippen molar-refractivity contribution in [3.63, 3.8) is 0 Å². The van der Waals surface area contributed by atoms with Crippen LogP contribution in [0.5, 0.6) is 0 Å². The van der Waals surface area contributed by atoms with Crippen molar-refractivity contribution in [2.45, 2.75) is 25.7 Å². The van der Waals surface area contributed by atoms with Crippen LogP contribution in [0.15, 0.2) is 77.8 Å². The van der Waals surface area contributed by atoms with Gasteiger partial charge in [-0.25, -0.2) is 4.79 Å². The number of nitrogens with one attached hydrogen (secondary N) is 1. The van der Waals surface area contributed by atoms with Crippen LogP contribution in [0.3, 0.4) is 0 Å². The minimum Gasteiger partial charge on any atom is -0.375 e. The summed E-state index contributed by atoms with van der Waals surface area (Å²) in [5, 5.41) is 23.6. The molecule has 2 saturated heterocycles. The number of hydrogen-bond donors (Lipinski definition) is 2. The van der Waals surface area contributed by atoms with Crippen LogP contribution >= 0.6 is 0 Å². The zero-order chi connectivity index (χ0) is 24.6. The summed E-state index contributed by atoms with van der Waals surface area (Å²) in [4.78, 5) is 21.0. The number of hydrogen-bond acceptors (Lipinski definition) is 5. The van der Waals surface area contributed by atoms with Gasteiger partial charge >= 0.3 is 6.03 Å². The third-order valence-corrected chi connectivity index (χ3v) is 6.35. The van der Waals surface area contributed by atoms with Gasteiger partial charge in [0.2, 0.25) is 6.35 Å². The lowest BCUT2D eigenvalue weighted by atomic mass is 9.93. The first-order chi connectivity index (χ1) is 16.9. The molecule has 0 aliphatic carbocycles. The van der Waals surface area contributed by atoms with Crippen molar-refractivity contribution < 1.29 is 14.6 Å². The molecule has 2 amide bonds.